The van der Waals surface area contributed by atoms with Gasteiger partial charge in [0.25, 0.3) is 0 Å². The fourth-order valence-corrected chi connectivity index (χ4v) is 3.38. The Labute approximate surface area is 126 Å². The molecule has 3 nitrogen and oxygen atoms in total. The van der Waals surface area contributed by atoms with Gasteiger partial charge in [-0.25, -0.2) is 0 Å². The van der Waals surface area contributed by atoms with Crippen LogP contribution in [0.3, 0.4) is 0 Å². The molecular formula is C18H24N2O. The molecule has 2 aromatic rings. The molecule has 0 bridgehead atoms. The first-order valence-electron chi connectivity index (χ1n) is 8.09. The van der Waals surface area contributed by atoms with Crippen LogP contribution < -0.4 is 0 Å². The van der Waals surface area contributed by atoms with Crippen LogP contribution in [0.15, 0.2) is 30.5 Å². The van der Waals surface area contributed by atoms with Crippen molar-refractivity contribution in [2.75, 3.05) is 19.6 Å². The second kappa shape index (κ2) is 6.44. The average Bonchev–Trinajstić information content (AvgIpc) is 2.81. The number of ketones is 1. The first-order chi connectivity index (χ1) is 10.3. The third-order valence-electron chi connectivity index (χ3n) is 4.77. The van der Waals surface area contributed by atoms with Crippen LogP contribution in [0.4, 0.5) is 0 Å². The Bertz CT molecular complexity index is 616. The number of para-hydroxylation sites is 1. The van der Waals surface area contributed by atoms with Crippen LogP contribution in [-0.4, -0.2) is 35.3 Å². The number of carbonyl (C=O) groups excluding carboxylic acids is 1. The molecule has 1 aliphatic rings. The number of fused-ring (bicyclic) bond motifs is 1. The molecule has 1 fully saturated rings. The number of rotatable bonds is 4. The second-order valence-electron chi connectivity index (χ2n) is 6.15. The zero-order valence-electron chi connectivity index (χ0n) is 12.8. The highest BCUT2D eigenvalue weighted by Crippen LogP contribution is 2.22. The van der Waals surface area contributed by atoms with Gasteiger partial charge in [0.15, 0.2) is 5.78 Å². The summed E-state index contributed by atoms with van der Waals surface area (Å²) >= 11 is 0. The Morgan fingerprint density at radius 3 is 3.00 bits per heavy atom. The highest BCUT2D eigenvalue weighted by Gasteiger charge is 2.19. The van der Waals surface area contributed by atoms with E-state index in [2.05, 4.69) is 16.8 Å². The van der Waals surface area contributed by atoms with E-state index in [1.165, 1.54) is 25.7 Å². The van der Waals surface area contributed by atoms with Gasteiger partial charge in [0.2, 0.25) is 0 Å². The third kappa shape index (κ3) is 3.18. The van der Waals surface area contributed by atoms with E-state index >= 15 is 0 Å². The van der Waals surface area contributed by atoms with Crippen LogP contribution in [0.2, 0.25) is 0 Å². The Hall–Kier alpha value is -1.61. The highest BCUT2D eigenvalue weighted by atomic mass is 16.1. The highest BCUT2D eigenvalue weighted by molar-refractivity contribution is 6.08. The van der Waals surface area contributed by atoms with E-state index in [-0.39, 0.29) is 5.78 Å². The topological polar surface area (TPSA) is 36.1 Å². The minimum atomic E-state index is 0.238. The van der Waals surface area contributed by atoms with Crippen molar-refractivity contribution < 1.29 is 4.79 Å². The lowest BCUT2D eigenvalue weighted by atomic mass is 9.98. The molecule has 0 aliphatic carbocycles. The standard InChI is InChI=1S/C18H24N2O/c1-2-14-6-5-10-20(11-9-14)13-18(21)16-12-19-17-8-4-3-7-15(16)17/h3-4,7-8,12,14,19H,2,5-6,9-11,13H2,1H3. The summed E-state index contributed by atoms with van der Waals surface area (Å²) in [6.45, 7) is 4.95. The van der Waals surface area contributed by atoms with Gasteiger partial charge in [0.1, 0.15) is 0 Å². The number of H-pyrrole nitrogens is 1. The molecular weight excluding hydrogens is 260 g/mol. The van der Waals surface area contributed by atoms with Gasteiger partial charge in [0.05, 0.1) is 6.54 Å². The number of carbonyl (C=O) groups is 1. The van der Waals surface area contributed by atoms with Crippen molar-refractivity contribution in [3.8, 4) is 0 Å². The lowest BCUT2D eigenvalue weighted by Gasteiger charge is -2.18. The van der Waals surface area contributed by atoms with Crippen molar-refractivity contribution in [1.82, 2.24) is 9.88 Å². The number of aromatic amines is 1. The van der Waals surface area contributed by atoms with Crippen molar-refractivity contribution in [2.24, 2.45) is 5.92 Å². The van der Waals surface area contributed by atoms with Crippen LogP contribution >= 0.6 is 0 Å². The molecule has 112 valence electrons. The van der Waals surface area contributed by atoms with Gasteiger partial charge in [-0.05, 0) is 44.3 Å². The Kier molecular flexibility index (Phi) is 4.39. The van der Waals surface area contributed by atoms with Gasteiger partial charge in [-0.3, -0.25) is 9.69 Å². The SMILES string of the molecule is CCC1CCCN(CC(=O)c2c[nH]c3ccccc23)CC1. The molecule has 1 aliphatic heterocycles. The third-order valence-corrected chi connectivity index (χ3v) is 4.77. The maximum atomic E-state index is 12.6. The van der Waals surface area contributed by atoms with Crippen LogP contribution in [0.25, 0.3) is 10.9 Å². The molecule has 0 spiro atoms. The Morgan fingerprint density at radius 1 is 1.29 bits per heavy atom. The molecule has 1 saturated heterocycles. The van der Waals surface area contributed by atoms with Gasteiger partial charge in [0, 0.05) is 22.7 Å². The van der Waals surface area contributed by atoms with E-state index < -0.39 is 0 Å². The molecule has 3 heteroatoms. The summed E-state index contributed by atoms with van der Waals surface area (Å²) in [6, 6.07) is 8.02. The number of likely N-dealkylation sites (tertiary alicyclic amines) is 1. The maximum Gasteiger partial charge on any atom is 0.178 e. The van der Waals surface area contributed by atoms with Gasteiger partial charge in [-0.2, -0.15) is 0 Å². The van der Waals surface area contributed by atoms with Crippen LogP contribution in [-0.2, 0) is 0 Å². The van der Waals surface area contributed by atoms with E-state index in [0.29, 0.717) is 6.54 Å². The number of hydrogen-bond donors (Lipinski definition) is 1. The van der Waals surface area contributed by atoms with E-state index in [9.17, 15) is 4.79 Å². The zero-order valence-corrected chi connectivity index (χ0v) is 12.8. The quantitative estimate of drug-likeness (QED) is 0.865. The lowest BCUT2D eigenvalue weighted by molar-refractivity contribution is 0.0934. The average molecular weight is 284 g/mol. The first-order valence-corrected chi connectivity index (χ1v) is 8.09. The molecule has 3 rings (SSSR count). The molecule has 1 N–H and O–H groups in total. The fraction of sp³-hybridized carbons (Fsp3) is 0.500. The summed E-state index contributed by atoms with van der Waals surface area (Å²) in [5, 5.41) is 1.05. The van der Waals surface area contributed by atoms with Crippen molar-refractivity contribution in [1.29, 1.82) is 0 Å². The van der Waals surface area contributed by atoms with E-state index in [4.69, 9.17) is 0 Å². The summed E-state index contributed by atoms with van der Waals surface area (Å²) in [4.78, 5) is 18.1. The summed E-state index contributed by atoms with van der Waals surface area (Å²) in [5.74, 6) is 1.08. The number of aromatic nitrogens is 1. The smallest absolute Gasteiger partial charge is 0.178 e. The number of nitrogens with zero attached hydrogens (tertiary/aromatic N) is 1. The zero-order chi connectivity index (χ0) is 14.7. The van der Waals surface area contributed by atoms with Gasteiger partial charge >= 0.3 is 0 Å². The van der Waals surface area contributed by atoms with E-state index in [1.54, 1.807) is 0 Å². The van der Waals surface area contributed by atoms with Gasteiger partial charge in [-0.1, -0.05) is 31.5 Å². The van der Waals surface area contributed by atoms with Crippen molar-refractivity contribution in [2.45, 2.75) is 32.6 Å². The predicted molar refractivity (Wildman–Crippen MR) is 86.7 cm³/mol. The van der Waals surface area contributed by atoms with Crippen molar-refractivity contribution >= 4 is 16.7 Å². The normalized spacial score (nSPS) is 20.5. The molecule has 0 radical (unpaired) electrons. The summed E-state index contributed by atoms with van der Waals surface area (Å²) in [7, 11) is 0. The Balaban J connectivity index is 1.69. The summed E-state index contributed by atoms with van der Waals surface area (Å²) < 4.78 is 0. The summed E-state index contributed by atoms with van der Waals surface area (Å²) in [5.41, 5.74) is 1.88. The largest absolute Gasteiger partial charge is 0.360 e. The molecule has 1 aromatic carbocycles. The van der Waals surface area contributed by atoms with E-state index in [1.807, 2.05) is 30.5 Å². The molecule has 2 heterocycles. The minimum absolute atomic E-state index is 0.238. The maximum absolute atomic E-state index is 12.6. The van der Waals surface area contributed by atoms with Crippen LogP contribution in [0.5, 0.6) is 0 Å². The van der Waals surface area contributed by atoms with Crippen molar-refractivity contribution in [3.05, 3.63) is 36.0 Å². The Morgan fingerprint density at radius 2 is 2.14 bits per heavy atom. The minimum Gasteiger partial charge on any atom is -0.360 e. The summed E-state index contributed by atoms with van der Waals surface area (Å²) in [6.07, 6.45) is 6.90. The van der Waals surface area contributed by atoms with Crippen LogP contribution in [0, 0.1) is 5.92 Å². The predicted octanol–water partition coefficient (Wildman–Crippen LogP) is 3.86. The van der Waals surface area contributed by atoms with E-state index in [0.717, 1.165) is 35.5 Å². The lowest BCUT2D eigenvalue weighted by Crippen LogP contribution is -2.30. The molecule has 1 unspecified atom stereocenters. The van der Waals surface area contributed by atoms with Gasteiger partial charge in [-0.15, -0.1) is 0 Å². The fourth-order valence-electron chi connectivity index (χ4n) is 3.38. The number of hydrogen-bond acceptors (Lipinski definition) is 2. The van der Waals surface area contributed by atoms with Crippen LogP contribution in [0.1, 0.15) is 43.0 Å². The van der Waals surface area contributed by atoms with Crippen molar-refractivity contribution in [3.63, 3.8) is 0 Å². The molecule has 0 amide bonds. The second-order valence-corrected chi connectivity index (χ2v) is 6.15. The molecule has 1 atom stereocenters. The number of benzene rings is 1. The molecule has 1 aromatic heterocycles. The number of nitrogens with one attached hydrogen (secondary N) is 1. The molecule has 0 saturated carbocycles. The number of Topliss-reactive ketones (excluding diaryl/α,β-unsaturated/α-hetero) is 1. The first kappa shape index (κ1) is 14.3. The molecule has 21 heavy (non-hydrogen) atoms. The van der Waals surface area contributed by atoms with Gasteiger partial charge < -0.3 is 4.98 Å². The monoisotopic (exact) mass is 284 g/mol.